The zero-order valence-electron chi connectivity index (χ0n) is 15.0. The molecule has 0 aliphatic carbocycles. The van der Waals surface area contributed by atoms with Crippen molar-refractivity contribution in [3.05, 3.63) is 54.0 Å². The average molecular weight is 354 g/mol. The van der Waals surface area contributed by atoms with Gasteiger partial charge < -0.3 is 15.8 Å². The van der Waals surface area contributed by atoms with Crippen molar-refractivity contribution < 1.29 is 9.53 Å². The number of hydrogen-bond acceptors (Lipinski definition) is 5. The smallest absolute Gasteiger partial charge is 0.242 e. The summed E-state index contributed by atoms with van der Waals surface area (Å²) in [5.41, 5.74) is 8.41. The van der Waals surface area contributed by atoms with Gasteiger partial charge in [-0.15, -0.1) is 0 Å². The van der Waals surface area contributed by atoms with Crippen LogP contribution < -0.4 is 15.8 Å². The van der Waals surface area contributed by atoms with Gasteiger partial charge in [-0.05, 0) is 38.1 Å². The van der Waals surface area contributed by atoms with Gasteiger partial charge in [0, 0.05) is 17.8 Å². The lowest BCUT2D eigenvalue weighted by molar-refractivity contribution is -0.122. The molecule has 0 radical (unpaired) electrons. The molecule has 3 N–H and O–H groups in total. The third kappa shape index (κ3) is 3.85. The van der Waals surface area contributed by atoms with E-state index in [0.717, 1.165) is 22.7 Å². The second-order valence-electron chi connectivity index (χ2n) is 6.07. The van der Waals surface area contributed by atoms with Gasteiger partial charge >= 0.3 is 0 Å². The second-order valence-corrected chi connectivity index (χ2v) is 6.07. The molecule has 3 rings (SSSR count). The Morgan fingerprint density at radius 3 is 2.69 bits per heavy atom. The number of aryl methyl sites for hydroxylation is 1. The molecule has 0 spiro atoms. The van der Waals surface area contributed by atoms with Gasteiger partial charge in [-0.25, -0.2) is 9.36 Å². The number of anilines is 1. The predicted octanol–water partition coefficient (Wildman–Crippen LogP) is 1.85. The molecule has 0 aliphatic rings. The van der Waals surface area contributed by atoms with Crippen LogP contribution in [0.1, 0.15) is 24.2 Å². The maximum atomic E-state index is 12.2. The van der Waals surface area contributed by atoms with Gasteiger partial charge in [-0.1, -0.05) is 0 Å². The number of benzene rings is 1. The Hall–Kier alpha value is -3.29. The van der Waals surface area contributed by atoms with E-state index in [1.807, 2.05) is 44.3 Å². The number of carbonyl (C=O) groups excluding carboxylic acids is 1. The minimum Gasteiger partial charge on any atom is -0.497 e. The number of rotatable bonds is 6. The average Bonchev–Trinajstić information content (AvgIpc) is 3.22. The molecule has 1 atom stereocenters. The van der Waals surface area contributed by atoms with Crippen molar-refractivity contribution in [2.45, 2.75) is 26.4 Å². The van der Waals surface area contributed by atoms with E-state index in [2.05, 4.69) is 15.5 Å². The first-order valence-electron chi connectivity index (χ1n) is 8.24. The van der Waals surface area contributed by atoms with Gasteiger partial charge in [0.25, 0.3) is 0 Å². The summed E-state index contributed by atoms with van der Waals surface area (Å²) in [6.45, 7) is 3.82. The van der Waals surface area contributed by atoms with Gasteiger partial charge in [0.15, 0.2) is 0 Å². The number of hydrogen-bond donors (Lipinski definition) is 2. The summed E-state index contributed by atoms with van der Waals surface area (Å²) in [5, 5.41) is 11.5. The van der Waals surface area contributed by atoms with E-state index < -0.39 is 0 Å². The van der Waals surface area contributed by atoms with Crippen LogP contribution in [0.5, 0.6) is 5.75 Å². The molecule has 0 fully saturated rings. The van der Waals surface area contributed by atoms with Crippen molar-refractivity contribution in [1.29, 1.82) is 0 Å². The van der Waals surface area contributed by atoms with Gasteiger partial charge in [0.05, 0.1) is 30.7 Å². The Labute approximate surface area is 151 Å². The Morgan fingerprint density at radius 1 is 1.35 bits per heavy atom. The fraction of sp³-hybridized carbons (Fsp3) is 0.278. The van der Waals surface area contributed by atoms with E-state index in [0.29, 0.717) is 5.82 Å². The minimum atomic E-state index is -0.188. The van der Waals surface area contributed by atoms with Crippen LogP contribution >= 0.6 is 0 Å². The summed E-state index contributed by atoms with van der Waals surface area (Å²) in [7, 11) is 1.63. The molecule has 0 aliphatic heterocycles. The maximum Gasteiger partial charge on any atom is 0.242 e. The Bertz CT molecular complexity index is 897. The zero-order valence-corrected chi connectivity index (χ0v) is 15.0. The molecule has 2 aromatic heterocycles. The summed E-state index contributed by atoms with van der Waals surface area (Å²) in [6, 6.07) is 9.13. The highest BCUT2D eigenvalue weighted by molar-refractivity contribution is 5.76. The van der Waals surface area contributed by atoms with Crippen molar-refractivity contribution in [3.63, 3.8) is 0 Å². The monoisotopic (exact) mass is 354 g/mol. The summed E-state index contributed by atoms with van der Waals surface area (Å²) in [6.07, 6.45) is 3.63. The van der Waals surface area contributed by atoms with Crippen LogP contribution in [0.2, 0.25) is 0 Å². The van der Waals surface area contributed by atoms with E-state index in [4.69, 9.17) is 10.5 Å². The number of nitrogens with zero attached hydrogens (tertiary/aromatic N) is 4. The number of amides is 1. The van der Waals surface area contributed by atoms with E-state index >= 15 is 0 Å². The molecule has 26 heavy (non-hydrogen) atoms. The highest BCUT2D eigenvalue weighted by Gasteiger charge is 2.14. The first-order valence-corrected chi connectivity index (χ1v) is 8.24. The van der Waals surface area contributed by atoms with Gasteiger partial charge in [-0.2, -0.15) is 10.2 Å². The molecule has 8 heteroatoms. The molecule has 1 amide bonds. The molecule has 136 valence electrons. The number of carbonyl (C=O) groups is 1. The fourth-order valence-corrected chi connectivity index (χ4v) is 2.64. The fourth-order valence-electron chi connectivity index (χ4n) is 2.64. The van der Waals surface area contributed by atoms with Crippen molar-refractivity contribution in [2.75, 3.05) is 12.8 Å². The maximum absolute atomic E-state index is 12.2. The highest BCUT2D eigenvalue weighted by Crippen LogP contribution is 2.17. The predicted molar refractivity (Wildman–Crippen MR) is 98.1 cm³/mol. The molecule has 8 nitrogen and oxygen atoms in total. The zero-order chi connectivity index (χ0) is 18.7. The molecule has 1 aromatic carbocycles. The van der Waals surface area contributed by atoms with Crippen LogP contribution in [-0.4, -0.2) is 32.6 Å². The van der Waals surface area contributed by atoms with Crippen LogP contribution in [-0.2, 0) is 11.3 Å². The number of nitrogen functional groups attached to an aromatic ring is 1. The Morgan fingerprint density at radius 2 is 2.08 bits per heavy atom. The first-order chi connectivity index (χ1) is 12.5. The molecule has 3 aromatic rings. The topological polar surface area (TPSA) is 100.0 Å². The Balaban J connectivity index is 1.64. The van der Waals surface area contributed by atoms with Gasteiger partial charge in [0.1, 0.15) is 18.1 Å². The standard InChI is InChI=1S/C18H22N6O2/c1-12-8-17(19)24(22-12)11-18(25)21-13(2)14-9-20-23(10-14)15-4-6-16(26-3)7-5-15/h4-10,13H,11,19H2,1-3H3,(H,21,25). The highest BCUT2D eigenvalue weighted by atomic mass is 16.5. The van der Waals surface area contributed by atoms with Crippen molar-refractivity contribution in [2.24, 2.45) is 0 Å². The molecule has 2 heterocycles. The number of aromatic nitrogens is 4. The van der Waals surface area contributed by atoms with Crippen LogP contribution in [0.4, 0.5) is 5.82 Å². The number of nitrogens with one attached hydrogen (secondary N) is 1. The van der Waals surface area contributed by atoms with Crippen LogP contribution in [0.3, 0.4) is 0 Å². The lowest BCUT2D eigenvalue weighted by atomic mass is 10.2. The summed E-state index contributed by atoms with van der Waals surface area (Å²) in [5.74, 6) is 1.09. The molecule has 0 bridgehead atoms. The lowest BCUT2D eigenvalue weighted by Gasteiger charge is -2.12. The summed E-state index contributed by atoms with van der Waals surface area (Å²) < 4.78 is 8.40. The van der Waals surface area contributed by atoms with Crippen LogP contribution in [0, 0.1) is 6.92 Å². The van der Waals surface area contributed by atoms with Crippen molar-refractivity contribution >= 4 is 11.7 Å². The number of methoxy groups -OCH3 is 1. The van der Waals surface area contributed by atoms with Crippen molar-refractivity contribution in [1.82, 2.24) is 24.9 Å². The number of ether oxygens (including phenoxy) is 1. The van der Waals surface area contributed by atoms with E-state index in [-0.39, 0.29) is 18.5 Å². The van der Waals surface area contributed by atoms with Crippen molar-refractivity contribution in [3.8, 4) is 11.4 Å². The molecular formula is C18H22N6O2. The Kier molecular flexibility index (Phi) is 4.92. The summed E-state index contributed by atoms with van der Waals surface area (Å²) in [4.78, 5) is 12.2. The quantitative estimate of drug-likeness (QED) is 0.704. The van der Waals surface area contributed by atoms with Gasteiger partial charge in [-0.3, -0.25) is 4.79 Å². The minimum absolute atomic E-state index is 0.0800. The molecule has 1 unspecified atom stereocenters. The van der Waals surface area contributed by atoms with Gasteiger partial charge in [0.2, 0.25) is 5.91 Å². The SMILES string of the molecule is COc1ccc(-n2cc(C(C)NC(=O)Cn3nc(C)cc3N)cn2)cc1. The molecule has 0 saturated heterocycles. The van der Waals surface area contributed by atoms with Crippen LogP contribution in [0.25, 0.3) is 5.69 Å². The molecule has 0 saturated carbocycles. The van der Waals surface area contributed by atoms with Crippen LogP contribution in [0.15, 0.2) is 42.7 Å². The number of nitrogens with two attached hydrogens (primary N) is 1. The lowest BCUT2D eigenvalue weighted by Crippen LogP contribution is -2.30. The van der Waals surface area contributed by atoms with E-state index in [1.54, 1.807) is 24.1 Å². The first kappa shape index (κ1) is 17.5. The van der Waals surface area contributed by atoms with E-state index in [1.165, 1.54) is 4.68 Å². The normalized spacial score (nSPS) is 12.0. The summed E-state index contributed by atoms with van der Waals surface area (Å²) >= 11 is 0. The van der Waals surface area contributed by atoms with E-state index in [9.17, 15) is 4.79 Å². The second kappa shape index (κ2) is 7.30. The largest absolute Gasteiger partial charge is 0.497 e. The third-order valence-corrected chi connectivity index (χ3v) is 4.04. The molecular weight excluding hydrogens is 332 g/mol. The third-order valence-electron chi connectivity index (χ3n) is 4.04.